The Bertz CT molecular complexity index is 594. The minimum absolute atomic E-state index is 0.454. The molecule has 0 saturated heterocycles. The smallest absolute Gasteiger partial charge is 0.140 e. The molecule has 0 aliphatic rings. The molecule has 2 heterocycles. The number of hydrogen-bond acceptors (Lipinski definition) is 4. The van der Waals surface area contributed by atoms with Gasteiger partial charge in [-0.25, -0.2) is 4.98 Å². The Morgan fingerprint density at radius 1 is 1.42 bits per heavy atom. The molecule has 98 valence electrons. The van der Waals surface area contributed by atoms with E-state index >= 15 is 0 Å². The number of aromatic nitrogens is 3. The molecule has 5 heteroatoms. The summed E-state index contributed by atoms with van der Waals surface area (Å²) in [5.41, 5.74) is 3.87. The third-order valence-electron chi connectivity index (χ3n) is 2.91. The lowest BCUT2D eigenvalue weighted by Gasteiger charge is -2.04. The number of nitrogens with zero attached hydrogens (tertiary/aromatic N) is 4. The Kier molecular flexibility index (Phi) is 4.26. The summed E-state index contributed by atoms with van der Waals surface area (Å²) < 4.78 is 1.84. The summed E-state index contributed by atoms with van der Waals surface area (Å²) in [7, 11) is 1.94. The lowest BCUT2D eigenvalue weighted by Crippen LogP contribution is -2.13. The quantitative estimate of drug-likeness (QED) is 0.880. The molecule has 5 nitrogen and oxygen atoms in total. The van der Waals surface area contributed by atoms with Gasteiger partial charge in [-0.15, -0.1) is 0 Å². The summed E-state index contributed by atoms with van der Waals surface area (Å²) in [5.74, 6) is 0. The molecule has 0 bridgehead atoms. The van der Waals surface area contributed by atoms with Crippen LogP contribution in [0.15, 0.2) is 24.5 Å². The van der Waals surface area contributed by atoms with Crippen LogP contribution in [0.1, 0.15) is 29.4 Å². The highest BCUT2D eigenvalue weighted by atomic mass is 15.3. The van der Waals surface area contributed by atoms with Crippen molar-refractivity contribution < 1.29 is 0 Å². The minimum Gasteiger partial charge on any atom is -0.308 e. The van der Waals surface area contributed by atoms with Crippen molar-refractivity contribution in [1.82, 2.24) is 20.1 Å². The van der Waals surface area contributed by atoms with Crippen LogP contribution in [0, 0.1) is 11.3 Å². The van der Waals surface area contributed by atoms with Crippen molar-refractivity contribution in [2.75, 3.05) is 0 Å². The highest BCUT2D eigenvalue weighted by molar-refractivity contribution is 5.25. The lowest BCUT2D eigenvalue weighted by molar-refractivity contribution is 0.687. The van der Waals surface area contributed by atoms with Crippen molar-refractivity contribution in [2.24, 2.45) is 7.05 Å². The highest BCUT2D eigenvalue weighted by Crippen LogP contribution is 2.07. The molecular weight excluding hydrogens is 238 g/mol. The molecule has 1 N–H and O–H groups in total. The van der Waals surface area contributed by atoms with Crippen molar-refractivity contribution in [1.29, 1.82) is 5.26 Å². The van der Waals surface area contributed by atoms with Gasteiger partial charge in [0.2, 0.25) is 0 Å². The van der Waals surface area contributed by atoms with E-state index in [9.17, 15) is 0 Å². The Balaban J connectivity index is 1.94. The first-order chi connectivity index (χ1) is 9.22. The molecule has 2 rings (SSSR count). The molecule has 0 saturated carbocycles. The van der Waals surface area contributed by atoms with Gasteiger partial charge in [0.05, 0.1) is 5.69 Å². The second kappa shape index (κ2) is 6.12. The second-order valence-electron chi connectivity index (χ2n) is 4.39. The van der Waals surface area contributed by atoms with Crippen molar-refractivity contribution in [3.05, 3.63) is 47.0 Å². The van der Waals surface area contributed by atoms with Gasteiger partial charge in [0, 0.05) is 38.1 Å². The predicted octanol–water partition coefficient (Wildman–Crippen LogP) is 1.54. The molecule has 0 spiro atoms. The van der Waals surface area contributed by atoms with E-state index in [4.69, 9.17) is 5.26 Å². The molecule has 0 aliphatic carbocycles. The zero-order valence-corrected chi connectivity index (χ0v) is 11.2. The molecule has 0 unspecified atom stereocenters. The van der Waals surface area contributed by atoms with Gasteiger partial charge in [0.25, 0.3) is 0 Å². The van der Waals surface area contributed by atoms with E-state index in [1.54, 1.807) is 12.3 Å². The third-order valence-corrected chi connectivity index (χ3v) is 2.91. The van der Waals surface area contributed by atoms with Crippen LogP contribution in [0.4, 0.5) is 0 Å². The average molecular weight is 255 g/mol. The van der Waals surface area contributed by atoms with Gasteiger partial charge < -0.3 is 5.32 Å². The molecule has 0 amide bonds. The van der Waals surface area contributed by atoms with Gasteiger partial charge in [0.1, 0.15) is 11.8 Å². The van der Waals surface area contributed by atoms with Crippen molar-refractivity contribution in [2.45, 2.75) is 26.4 Å². The van der Waals surface area contributed by atoms with Crippen LogP contribution >= 0.6 is 0 Å². The van der Waals surface area contributed by atoms with Crippen molar-refractivity contribution in [3.8, 4) is 6.07 Å². The van der Waals surface area contributed by atoms with Crippen LogP contribution in [0.25, 0.3) is 0 Å². The normalized spacial score (nSPS) is 10.4. The minimum atomic E-state index is 0.454. The van der Waals surface area contributed by atoms with Crippen LogP contribution in [0.5, 0.6) is 0 Å². The monoisotopic (exact) mass is 255 g/mol. The Morgan fingerprint density at radius 2 is 2.26 bits per heavy atom. The van der Waals surface area contributed by atoms with E-state index in [1.807, 2.05) is 30.1 Å². The number of hydrogen-bond donors (Lipinski definition) is 1. The summed E-state index contributed by atoms with van der Waals surface area (Å²) in [6.45, 7) is 3.60. The first-order valence-corrected chi connectivity index (χ1v) is 6.30. The van der Waals surface area contributed by atoms with E-state index < -0.39 is 0 Å². The van der Waals surface area contributed by atoms with Crippen LogP contribution in [0.3, 0.4) is 0 Å². The van der Waals surface area contributed by atoms with Crippen LogP contribution in [-0.4, -0.2) is 14.8 Å². The van der Waals surface area contributed by atoms with Crippen LogP contribution in [-0.2, 0) is 26.6 Å². The van der Waals surface area contributed by atoms with Crippen LogP contribution < -0.4 is 5.32 Å². The standard InChI is InChI=1S/C14H17N5/c1-3-14-12(10-19(2)18-14)9-16-8-11-4-5-17-13(6-11)7-15/h4-6,10,16H,3,8-9H2,1-2H3. The zero-order chi connectivity index (χ0) is 13.7. The SMILES string of the molecule is CCc1nn(C)cc1CNCc1ccnc(C#N)c1. The maximum atomic E-state index is 8.79. The van der Waals surface area contributed by atoms with E-state index in [-0.39, 0.29) is 0 Å². The molecule has 0 aliphatic heterocycles. The van der Waals surface area contributed by atoms with E-state index in [0.29, 0.717) is 5.69 Å². The summed E-state index contributed by atoms with van der Waals surface area (Å²) in [6.07, 6.45) is 4.64. The first-order valence-electron chi connectivity index (χ1n) is 6.30. The Hall–Kier alpha value is -2.19. The van der Waals surface area contributed by atoms with Gasteiger partial charge in [-0.1, -0.05) is 6.92 Å². The topological polar surface area (TPSA) is 66.5 Å². The second-order valence-corrected chi connectivity index (χ2v) is 4.39. The predicted molar refractivity (Wildman–Crippen MR) is 72.1 cm³/mol. The molecule has 0 radical (unpaired) electrons. The Labute approximate surface area is 112 Å². The number of rotatable bonds is 5. The summed E-state index contributed by atoms with van der Waals surface area (Å²) in [6, 6.07) is 5.76. The highest BCUT2D eigenvalue weighted by Gasteiger charge is 2.05. The van der Waals surface area contributed by atoms with Crippen molar-refractivity contribution >= 4 is 0 Å². The average Bonchev–Trinajstić information content (AvgIpc) is 2.79. The number of nitrogens with one attached hydrogen (secondary N) is 1. The fourth-order valence-corrected chi connectivity index (χ4v) is 2.02. The summed E-state index contributed by atoms with van der Waals surface area (Å²) >= 11 is 0. The zero-order valence-electron chi connectivity index (χ0n) is 11.2. The maximum absolute atomic E-state index is 8.79. The number of nitriles is 1. The van der Waals surface area contributed by atoms with Gasteiger partial charge >= 0.3 is 0 Å². The molecule has 2 aromatic rings. The molecular formula is C14H17N5. The molecule has 0 fully saturated rings. The fourth-order valence-electron chi connectivity index (χ4n) is 2.02. The van der Waals surface area contributed by atoms with Gasteiger partial charge in [-0.05, 0) is 24.1 Å². The van der Waals surface area contributed by atoms with Crippen molar-refractivity contribution in [3.63, 3.8) is 0 Å². The maximum Gasteiger partial charge on any atom is 0.140 e. The largest absolute Gasteiger partial charge is 0.308 e. The Morgan fingerprint density at radius 3 is 3.00 bits per heavy atom. The molecule has 19 heavy (non-hydrogen) atoms. The number of pyridine rings is 1. The molecule has 0 atom stereocenters. The van der Waals surface area contributed by atoms with Crippen LogP contribution in [0.2, 0.25) is 0 Å². The third kappa shape index (κ3) is 3.39. The van der Waals surface area contributed by atoms with Gasteiger partial charge in [0.15, 0.2) is 0 Å². The molecule has 2 aromatic heterocycles. The first kappa shape index (κ1) is 13.2. The summed E-state index contributed by atoms with van der Waals surface area (Å²) in [4.78, 5) is 3.95. The van der Waals surface area contributed by atoms with E-state index in [1.165, 1.54) is 5.56 Å². The van der Waals surface area contributed by atoms with E-state index in [2.05, 4.69) is 22.3 Å². The van der Waals surface area contributed by atoms with Gasteiger partial charge in [-0.2, -0.15) is 10.4 Å². The van der Waals surface area contributed by atoms with E-state index in [0.717, 1.165) is 30.8 Å². The lowest BCUT2D eigenvalue weighted by atomic mass is 10.2. The number of aryl methyl sites for hydroxylation is 2. The fraction of sp³-hybridized carbons (Fsp3) is 0.357. The van der Waals surface area contributed by atoms with Gasteiger partial charge in [-0.3, -0.25) is 4.68 Å². The molecule has 0 aromatic carbocycles. The summed E-state index contributed by atoms with van der Waals surface area (Å²) in [5, 5.41) is 16.6.